The fourth-order valence-corrected chi connectivity index (χ4v) is 10.1. The van der Waals surface area contributed by atoms with Gasteiger partial charge in [0.2, 0.25) is 5.79 Å². The van der Waals surface area contributed by atoms with Crippen LogP contribution in [0.15, 0.2) is 47.6 Å². The molecular formula is C52H81NO14. The van der Waals surface area contributed by atoms with Crippen molar-refractivity contribution in [3.8, 4) is 0 Å². The lowest BCUT2D eigenvalue weighted by molar-refractivity contribution is -0.265. The van der Waals surface area contributed by atoms with E-state index in [1.807, 2.05) is 51.2 Å². The highest BCUT2D eigenvalue weighted by atomic mass is 16.6. The van der Waals surface area contributed by atoms with Crippen LogP contribution in [0, 0.1) is 29.6 Å². The second-order valence-corrected chi connectivity index (χ2v) is 19.6. The number of nitrogens with zero attached hydrogens (tertiary/aromatic N) is 1. The van der Waals surface area contributed by atoms with E-state index in [-0.39, 0.29) is 80.5 Å². The largest absolute Gasteiger partial charge is 0.460 e. The number of hydrogen-bond donors (Lipinski definition) is 3. The number of amides is 1. The molecule has 15 nitrogen and oxygen atoms in total. The average Bonchev–Trinajstić information content (AvgIpc) is 3.31. The van der Waals surface area contributed by atoms with Crippen LogP contribution in [-0.2, 0) is 52.4 Å². The molecule has 378 valence electrons. The maximum atomic E-state index is 14.4. The zero-order valence-electron chi connectivity index (χ0n) is 41.6. The van der Waals surface area contributed by atoms with Gasteiger partial charge in [-0.25, -0.2) is 4.79 Å². The minimum atomic E-state index is -2.43. The number of ketones is 3. The highest BCUT2D eigenvalue weighted by Gasteiger charge is 2.53. The van der Waals surface area contributed by atoms with Crippen molar-refractivity contribution in [3.63, 3.8) is 0 Å². The molecule has 3 aliphatic heterocycles. The van der Waals surface area contributed by atoms with Crippen LogP contribution in [0.5, 0.6) is 0 Å². The van der Waals surface area contributed by atoms with Gasteiger partial charge in [0.15, 0.2) is 5.78 Å². The standard InChI is InChI=1S/C52H81NO14/c1-32-15-11-10-12-16-33(2)44(62-7)30-39-21-19-37(6)52(61,67-39)49(58)50(59)53-24-14-13-17-40(53)51(60)66-45(35(4)28-38-20-23-43(65-26-25-54)46(29-38)63-8)31-42(56)34(3)27-36(5)47(57)48(64-9)41(55)22-18-32/h10-12,15-16,27,32,34-35,37-40,43-48,54,57,61H,13-14,17-26,28-31H2,1-9H3/b12-10+,15-11+,33-16+,36-27+/t32-,34-,35-,37-,38+,39+,40+,43-,44+,45+,46-,47-,48+,52-/m1/s1. The molecular weight excluding hydrogens is 863 g/mol. The third kappa shape index (κ3) is 15.5. The number of carbonyl (C=O) groups excluding carboxylic acids is 5. The van der Waals surface area contributed by atoms with Gasteiger partial charge in [-0.15, -0.1) is 0 Å². The van der Waals surface area contributed by atoms with E-state index < -0.39 is 71.8 Å². The Morgan fingerprint density at radius 2 is 1.60 bits per heavy atom. The summed E-state index contributed by atoms with van der Waals surface area (Å²) in [7, 11) is 4.58. The minimum Gasteiger partial charge on any atom is -0.460 e. The summed E-state index contributed by atoms with van der Waals surface area (Å²) in [6.07, 6.45) is 12.2. The van der Waals surface area contributed by atoms with Crippen LogP contribution in [0.1, 0.15) is 125 Å². The van der Waals surface area contributed by atoms with Crippen LogP contribution in [0.4, 0.5) is 0 Å². The number of aliphatic hydroxyl groups excluding tert-OH is 2. The van der Waals surface area contributed by atoms with Gasteiger partial charge in [-0.2, -0.15) is 0 Å². The van der Waals surface area contributed by atoms with Crippen LogP contribution >= 0.6 is 0 Å². The average molecular weight is 944 g/mol. The first-order valence-electron chi connectivity index (χ1n) is 24.6. The Balaban J connectivity index is 1.68. The Morgan fingerprint density at radius 3 is 2.28 bits per heavy atom. The van der Waals surface area contributed by atoms with Gasteiger partial charge in [0.25, 0.3) is 11.7 Å². The molecule has 0 unspecified atom stereocenters. The second-order valence-electron chi connectivity index (χ2n) is 19.6. The van der Waals surface area contributed by atoms with Crippen molar-refractivity contribution in [1.29, 1.82) is 0 Å². The zero-order chi connectivity index (χ0) is 49.4. The third-order valence-corrected chi connectivity index (χ3v) is 14.5. The highest BCUT2D eigenvalue weighted by molar-refractivity contribution is 6.39. The molecule has 3 fully saturated rings. The van der Waals surface area contributed by atoms with Crippen molar-refractivity contribution >= 4 is 29.2 Å². The Bertz CT molecular complexity index is 1770. The number of ether oxygens (including phenoxy) is 6. The van der Waals surface area contributed by atoms with Crippen LogP contribution in [-0.4, -0.2) is 145 Å². The van der Waals surface area contributed by atoms with Crippen molar-refractivity contribution < 1.29 is 67.7 Å². The second kappa shape index (κ2) is 27.1. The molecule has 14 atom stereocenters. The monoisotopic (exact) mass is 944 g/mol. The van der Waals surface area contributed by atoms with E-state index >= 15 is 0 Å². The maximum Gasteiger partial charge on any atom is 0.329 e. The molecule has 0 radical (unpaired) electrons. The molecule has 0 spiro atoms. The molecule has 1 saturated carbocycles. The van der Waals surface area contributed by atoms with E-state index in [4.69, 9.17) is 28.4 Å². The number of fused-ring (bicyclic) bond motifs is 3. The Morgan fingerprint density at radius 1 is 0.851 bits per heavy atom. The Hall–Kier alpha value is -3.41. The molecule has 67 heavy (non-hydrogen) atoms. The lowest BCUT2D eigenvalue weighted by Crippen LogP contribution is -2.61. The van der Waals surface area contributed by atoms with E-state index in [0.29, 0.717) is 63.4 Å². The van der Waals surface area contributed by atoms with Gasteiger partial charge in [-0.05, 0) is 107 Å². The lowest BCUT2D eigenvalue weighted by Gasteiger charge is -2.42. The van der Waals surface area contributed by atoms with Gasteiger partial charge in [0.1, 0.15) is 30.1 Å². The van der Waals surface area contributed by atoms with Crippen molar-refractivity contribution in [1.82, 2.24) is 4.90 Å². The first-order chi connectivity index (χ1) is 31.9. The highest BCUT2D eigenvalue weighted by Crippen LogP contribution is 2.38. The maximum absolute atomic E-state index is 14.4. The molecule has 0 aromatic heterocycles. The quantitative estimate of drug-likeness (QED) is 0.139. The number of allylic oxidation sites excluding steroid dienone is 6. The van der Waals surface area contributed by atoms with Crippen molar-refractivity contribution in [2.24, 2.45) is 29.6 Å². The van der Waals surface area contributed by atoms with Gasteiger partial charge in [-0.1, -0.05) is 64.2 Å². The summed E-state index contributed by atoms with van der Waals surface area (Å²) in [6, 6.07) is -1.14. The van der Waals surface area contributed by atoms with Gasteiger partial charge >= 0.3 is 5.97 Å². The van der Waals surface area contributed by atoms with Crippen molar-refractivity contribution in [2.75, 3.05) is 41.1 Å². The van der Waals surface area contributed by atoms with E-state index in [2.05, 4.69) is 0 Å². The molecule has 1 aliphatic carbocycles. The van der Waals surface area contributed by atoms with Gasteiger partial charge in [0, 0.05) is 59.0 Å². The Labute approximate surface area is 398 Å². The Kier molecular flexibility index (Phi) is 22.7. The van der Waals surface area contributed by atoms with E-state index in [9.17, 15) is 39.3 Å². The predicted octanol–water partition coefficient (Wildman–Crippen LogP) is 5.95. The SMILES string of the molecule is CO[C@H]1C[C@@H]2CC[C@@H](C)[C@@](O)(O2)C(=O)C(=O)N2CCCC[C@H]2C(=O)O[C@H]([C@H](C)C[C@@H]2CC[C@@H](OCCO)[C@H](OC)C2)CC(=O)[C@H](C)/C=C(\C)[C@@H](O)[C@@H](OC)C(=O)CC[C@H](C)/C=C/C=C/C=C/1C. The van der Waals surface area contributed by atoms with Crippen LogP contribution in [0.25, 0.3) is 0 Å². The molecule has 2 bridgehead atoms. The number of esters is 1. The fraction of sp³-hybridized carbons (Fsp3) is 0.750. The van der Waals surface area contributed by atoms with Crippen LogP contribution in [0.3, 0.4) is 0 Å². The van der Waals surface area contributed by atoms with Gasteiger partial charge in [0.05, 0.1) is 37.6 Å². The molecule has 3 N–H and O–H groups in total. The predicted molar refractivity (Wildman–Crippen MR) is 251 cm³/mol. The molecule has 1 amide bonds. The first kappa shape index (κ1) is 56.2. The van der Waals surface area contributed by atoms with E-state index in [1.165, 1.54) is 12.0 Å². The molecule has 0 aromatic carbocycles. The smallest absolute Gasteiger partial charge is 0.329 e. The number of cyclic esters (lactones) is 1. The number of aliphatic hydroxyl groups is 3. The number of carbonyl (C=O) groups is 5. The molecule has 2 saturated heterocycles. The normalized spacial score (nSPS) is 38.4. The van der Waals surface area contributed by atoms with Crippen molar-refractivity contribution in [2.45, 2.75) is 180 Å². The number of piperidine rings is 1. The van der Waals surface area contributed by atoms with Gasteiger partial charge < -0.3 is 48.6 Å². The summed E-state index contributed by atoms with van der Waals surface area (Å²) in [4.78, 5) is 71.7. The van der Waals surface area contributed by atoms with Gasteiger partial charge in [-0.3, -0.25) is 19.2 Å². The summed E-state index contributed by atoms with van der Waals surface area (Å²) in [5.74, 6) is -7.48. The summed E-state index contributed by atoms with van der Waals surface area (Å²) in [5, 5.41) is 32.6. The lowest BCUT2D eigenvalue weighted by atomic mass is 9.78. The number of Topliss-reactive ketones (excluding diaryl/α,β-unsaturated/α-hetero) is 3. The number of hydrogen-bond acceptors (Lipinski definition) is 14. The molecule has 0 aromatic rings. The molecule has 15 heteroatoms. The third-order valence-electron chi connectivity index (χ3n) is 14.5. The van der Waals surface area contributed by atoms with E-state index in [0.717, 1.165) is 12.0 Å². The van der Waals surface area contributed by atoms with Crippen molar-refractivity contribution in [3.05, 3.63) is 47.6 Å². The van der Waals surface area contributed by atoms with Crippen LogP contribution in [0.2, 0.25) is 0 Å². The zero-order valence-corrected chi connectivity index (χ0v) is 41.6. The number of methoxy groups -OCH3 is 3. The summed E-state index contributed by atoms with van der Waals surface area (Å²) >= 11 is 0. The number of rotatable bonds is 9. The topological polar surface area (TPSA) is 205 Å². The molecule has 4 rings (SSSR count). The summed E-state index contributed by atoms with van der Waals surface area (Å²) < 4.78 is 35.4. The van der Waals surface area contributed by atoms with Crippen LogP contribution < -0.4 is 0 Å². The minimum absolute atomic E-state index is 0.0389. The first-order valence-corrected chi connectivity index (χ1v) is 24.6. The molecule has 4 aliphatic rings. The molecule has 3 heterocycles. The fourth-order valence-electron chi connectivity index (χ4n) is 10.1. The van der Waals surface area contributed by atoms with E-state index in [1.54, 1.807) is 41.1 Å². The summed E-state index contributed by atoms with van der Waals surface area (Å²) in [6.45, 7) is 11.0. The summed E-state index contributed by atoms with van der Waals surface area (Å²) in [5.41, 5.74) is 1.27.